The van der Waals surface area contributed by atoms with Gasteiger partial charge in [0.05, 0.1) is 10.8 Å². The summed E-state index contributed by atoms with van der Waals surface area (Å²) >= 11 is 0.922. The lowest BCUT2D eigenvalue weighted by Crippen LogP contribution is -2.08. The van der Waals surface area contributed by atoms with Crippen molar-refractivity contribution < 1.29 is 14.8 Å². The maximum absolute atomic E-state index is 10.7. The third-order valence-corrected chi connectivity index (χ3v) is 2.99. The summed E-state index contributed by atoms with van der Waals surface area (Å²) in [6.07, 6.45) is 0.438. The van der Waals surface area contributed by atoms with Crippen LogP contribution in [0.3, 0.4) is 0 Å². The van der Waals surface area contributed by atoms with Crippen LogP contribution in [-0.2, 0) is 4.79 Å². The Morgan fingerprint density at radius 3 is 2.71 bits per heavy atom. The first-order valence-electron chi connectivity index (χ1n) is 4.03. The molecule has 0 aromatic carbocycles. The van der Waals surface area contributed by atoms with Gasteiger partial charge in [0.1, 0.15) is 0 Å². The lowest BCUT2D eigenvalue weighted by molar-refractivity contribution is -0.380. The van der Waals surface area contributed by atoms with Gasteiger partial charge in [-0.25, -0.2) is 0 Å². The van der Waals surface area contributed by atoms with Gasteiger partial charge in [0.2, 0.25) is 0 Å². The maximum Gasteiger partial charge on any atom is 0.324 e. The Morgan fingerprint density at radius 1 is 1.71 bits per heavy atom. The summed E-state index contributed by atoms with van der Waals surface area (Å²) in [7, 11) is 0. The fourth-order valence-corrected chi connectivity index (χ4v) is 2.12. The monoisotopic (exact) mass is 215 g/mol. The van der Waals surface area contributed by atoms with E-state index in [9.17, 15) is 14.9 Å². The zero-order chi connectivity index (χ0) is 10.7. The minimum atomic E-state index is -0.941. The molecule has 1 aromatic heterocycles. The molecule has 1 atom stereocenters. The SMILES string of the molecule is CCC(C(=O)O)c1ccc([N+](=O)[O-])s1. The summed E-state index contributed by atoms with van der Waals surface area (Å²) in [4.78, 5) is 21.1. The summed E-state index contributed by atoms with van der Waals surface area (Å²) < 4.78 is 0. The molecule has 1 unspecified atom stereocenters. The second-order valence-electron chi connectivity index (χ2n) is 2.73. The van der Waals surface area contributed by atoms with Crippen molar-refractivity contribution in [3.05, 3.63) is 27.1 Å². The van der Waals surface area contributed by atoms with Gasteiger partial charge in [0.25, 0.3) is 0 Å². The van der Waals surface area contributed by atoms with E-state index >= 15 is 0 Å². The number of hydrogen-bond acceptors (Lipinski definition) is 4. The Bertz CT molecular complexity index is 360. The molecule has 0 spiro atoms. The summed E-state index contributed by atoms with van der Waals surface area (Å²) in [6.45, 7) is 1.74. The fraction of sp³-hybridized carbons (Fsp3) is 0.375. The van der Waals surface area contributed by atoms with E-state index in [4.69, 9.17) is 5.11 Å². The minimum Gasteiger partial charge on any atom is -0.481 e. The lowest BCUT2D eigenvalue weighted by Gasteiger charge is -2.04. The normalized spacial score (nSPS) is 12.4. The molecule has 1 aromatic rings. The number of hydrogen-bond donors (Lipinski definition) is 1. The van der Waals surface area contributed by atoms with Crippen LogP contribution in [0.1, 0.15) is 24.1 Å². The zero-order valence-electron chi connectivity index (χ0n) is 7.47. The molecule has 0 saturated carbocycles. The van der Waals surface area contributed by atoms with Gasteiger partial charge in [0.15, 0.2) is 0 Å². The minimum absolute atomic E-state index is 0.0142. The quantitative estimate of drug-likeness (QED) is 0.616. The highest BCUT2D eigenvalue weighted by Gasteiger charge is 2.22. The van der Waals surface area contributed by atoms with Crippen molar-refractivity contribution in [2.75, 3.05) is 0 Å². The Balaban J connectivity index is 2.95. The standard InChI is InChI=1S/C8H9NO4S/c1-2-5(8(10)11)6-3-4-7(14-6)9(12)13/h3-5H,2H2,1H3,(H,10,11). The molecule has 5 nitrogen and oxygen atoms in total. The predicted octanol–water partition coefficient (Wildman–Crippen LogP) is 2.23. The van der Waals surface area contributed by atoms with E-state index in [1.165, 1.54) is 12.1 Å². The third kappa shape index (κ3) is 2.08. The van der Waals surface area contributed by atoms with Crippen molar-refractivity contribution in [1.82, 2.24) is 0 Å². The molecule has 0 aliphatic heterocycles. The van der Waals surface area contributed by atoms with Gasteiger partial charge < -0.3 is 5.11 Å². The highest BCUT2D eigenvalue weighted by molar-refractivity contribution is 7.15. The molecule has 0 aliphatic rings. The Labute approximate surface area is 84.1 Å². The number of aliphatic carboxylic acids is 1. The summed E-state index contributed by atoms with van der Waals surface area (Å²) in [6, 6.07) is 2.84. The number of carboxylic acids is 1. The summed E-state index contributed by atoms with van der Waals surface area (Å²) in [5, 5.41) is 19.2. The van der Waals surface area contributed by atoms with E-state index in [0.717, 1.165) is 11.3 Å². The van der Waals surface area contributed by atoms with Gasteiger partial charge >= 0.3 is 11.0 Å². The Hall–Kier alpha value is -1.43. The van der Waals surface area contributed by atoms with Gasteiger partial charge in [-0.3, -0.25) is 14.9 Å². The van der Waals surface area contributed by atoms with Crippen molar-refractivity contribution in [2.45, 2.75) is 19.3 Å². The van der Waals surface area contributed by atoms with Crippen LogP contribution < -0.4 is 0 Å². The molecule has 0 bridgehead atoms. The zero-order valence-corrected chi connectivity index (χ0v) is 8.28. The topological polar surface area (TPSA) is 80.4 Å². The van der Waals surface area contributed by atoms with Crippen molar-refractivity contribution in [2.24, 2.45) is 0 Å². The molecule has 76 valence electrons. The summed E-state index contributed by atoms with van der Waals surface area (Å²) in [5.41, 5.74) is 0. The fourth-order valence-electron chi connectivity index (χ4n) is 1.13. The highest BCUT2D eigenvalue weighted by Crippen LogP contribution is 2.31. The van der Waals surface area contributed by atoms with Gasteiger partial charge in [0, 0.05) is 10.9 Å². The van der Waals surface area contributed by atoms with Crippen molar-refractivity contribution in [1.29, 1.82) is 0 Å². The van der Waals surface area contributed by atoms with Crippen LogP contribution in [0.4, 0.5) is 5.00 Å². The molecule has 14 heavy (non-hydrogen) atoms. The lowest BCUT2D eigenvalue weighted by atomic mass is 10.1. The van der Waals surface area contributed by atoms with Crippen LogP contribution in [0.2, 0.25) is 0 Å². The molecular formula is C8H9NO4S. The van der Waals surface area contributed by atoms with E-state index in [1.54, 1.807) is 6.92 Å². The molecule has 0 saturated heterocycles. The van der Waals surface area contributed by atoms with Crippen molar-refractivity contribution in [3.8, 4) is 0 Å². The smallest absolute Gasteiger partial charge is 0.324 e. The number of carboxylic acid groups (broad SMARTS) is 1. The van der Waals surface area contributed by atoms with Gasteiger partial charge in [-0.2, -0.15) is 0 Å². The second kappa shape index (κ2) is 4.19. The molecule has 1 N–H and O–H groups in total. The molecule has 1 rings (SSSR count). The van der Waals surface area contributed by atoms with Crippen LogP contribution in [0, 0.1) is 10.1 Å². The van der Waals surface area contributed by atoms with Gasteiger partial charge in [-0.15, -0.1) is 0 Å². The van der Waals surface area contributed by atoms with Gasteiger partial charge in [-0.05, 0) is 12.5 Å². The van der Waals surface area contributed by atoms with Crippen molar-refractivity contribution in [3.63, 3.8) is 0 Å². The van der Waals surface area contributed by atoms with E-state index in [0.29, 0.717) is 11.3 Å². The molecule has 1 heterocycles. The predicted molar refractivity (Wildman–Crippen MR) is 51.6 cm³/mol. The first-order valence-corrected chi connectivity index (χ1v) is 4.84. The van der Waals surface area contributed by atoms with E-state index in [2.05, 4.69) is 0 Å². The number of rotatable bonds is 4. The number of thiophene rings is 1. The van der Waals surface area contributed by atoms with Crippen LogP contribution >= 0.6 is 11.3 Å². The molecule has 6 heteroatoms. The first-order chi connectivity index (χ1) is 6.56. The van der Waals surface area contributed by atoms with Crippen molar-refractivity contribution >= 4 is 22.3 Å². The number of carbonyl (C=O) groups is 1. The Morgan fingerprint density at radius 2 is 2.36 bits per heavy atom. The van der Waals surface area contributed by atoms with E-state index in [1.807, 2.05) is 0 Å². The average Bonchev–Trinajstić information content (AvgIpc) is 2.53. The molecule has 0 radical (unpaired) electrons. The van der Waals surface area contributed by atoms with Crippen LogP contribution in [0.25, 0.3) is 0 Å². The molecular weight excluding hydrogens is 206 g/mol. The second-order valence-corrected chi connectivity index (χ2v) is 3.83. The van der Waals surface area contributed by atoms with Crippen LogP contribution in [0.5, 0.6) is 0 Å². The van der Waals surface area contributed by atoms with E-state index < -0.39 is 16.8 Å². The van der Waals surface area contributed by atoms with Crippen LogP contribution in [0.15, 0.2) is 12.1 Å². The van der Waals surface area contributed by atoms with Gasteiger partial charge in [-0.1, -0.05) is 18.3 Å². The first kappa shape index (κ1) is 10.6. The largest absolute Gasteiger partial charge is 0.481 e. The molecule has 0 aliphatic carbocycles. The average molecular weight is 215 g/mol. The number of nitrogens with zero attached hydrogens (tertiary/aromatic N) is 1. The Kier molecular flexibility index (Phi) is 3.19. The third-order valence-electron chi connectivity index (χ3n) is 1.84. The molecule has 0 amide bonds. The maximum atomic E-state index is 10.7. The number of nitro groups is 1. The highest BCUT2D eigenvalue weighted by atomic mass is 32.1. The van der Waals surface area contributed by atoms with Crippen LogP contribution in [-0.4, -0.2) is 16.0 Å². The summed E-state index contributed by atoms with van der Waals surface area (Å²) in [5.74, 6) is -1.57. The molecule has 0 fully saturated rings. The van der Waals surface area contributed by atoms with E-state index in [-0.39, 0.29) is 5.00 Å².